The van der Waals surface area contributed by atoms with Crippen LogP contribution in [0.25, 0.3) is 0 Å². The van der Waals surface area contributed by atoms with E-state index in [0.29, 0.717) is 11.3 Å². The highest BCUT2D eigenvalue weighted by Gasteiger charge is 2.34. The Balaban J connectivity index is 1.80. The van der Waals surface area contributed by atoms with Crippen molar-refractivity contribution >= 4 is 11.7 Å². The van der Waals surface area contributed by atoms with E-state index in [-0.39, 0.29) is 23.7 Å². The average Bonchev–Trinajstić information content (AvgIpc) is 2.71. The molecule has 0 amide bonds. The van der Waals surface area contributed by atoms with Gasteiger partial charge in [-0.15, -0.1) is 0 Å². The molecule has 1 aliphatic rings. The van der Waals surface area contributed by atoms with Crippen molar-refractivity contribution < 1.29 is 22.7 Å². The fraction of sp³-hybridized carbons (Fsp3) is 0.458. The molecule has 0 radical (unpaired) electrons. The molecule has 1 fully saturated rings. The van der Waals surface area contributed by atoms with Crippen LogP contribution in [0.2, 0.25) is 0 Å². The zero-order valence-electron chi connectivity index (χ0n) is 18.3. The lowest BCUT2D eigenvalue weighted by Gasteiger charge is -2.43. The first-order chi connectivity index (χ1) is 14.6. The van der Waals surface area contributed by atoms with Crippen LogP contribution in [-0.4, -0.2) is 36.1 Å². The van der Waals surface area contributed by atoms with Gasteiger partial charge in [0.1, 0.15) is 0 Å². The summed E-state index contributed by atoms with van der Waals surface area (Å²) in [5.74, 6) is -0.772. The Morgan fingerprint density at radius 2 is 1.74 bits per heavy atom. The summed E-state index contributed by atoms with van der Waals surface area (Å²) in [6, 6.07) is 12.7. The predicted molar refractivity (Wildman–Crippen MR) is 115 cm³/mol. The second kappa shape index (κ2) is 9.30. The molecule has 1 N–H and O–H groups in total. The Kier molecular flexibility index (Phi) is 6.94. The van der Waals surface area contributed by atoms with E-state index in [1.807, 2.05) is 18.2 Å². The number of ether oxygens (including phenoxy) is 1. The van der Waals surface area contributed by atoms with Gasteiger partial charge in [-0.3, -0.25) is 4.90 Å². The third-order valence-corrected chi connectivity index (χ3v) is 6.09. The number of carbonyl (C=O) groups is 1. The molecule has 4 nitrogen and oxygen atoms in total. The van der Waals surface area contributed by atoms with Crippen LogP contribution in [0, 0.1) is 6.92 Å². The number of hydrogen-bond acceptors (Lipinski definition) is 4. The van der Waals surface area contributed by atoms with Crippen LogP contribution in [0.1, 0.15) is 53.7 Å². The number of methoxy groups -OCH3 is 1. The van der Waals surface area contributed by atoms with E-state index in [4.69, 9.17) is 4.74 Å². The summed E-state index contributed by atoms with van der Waals surface area (Å²) >= 11 is 0. The van der Waals surface area contributed by atoms with E-state index in [1.54, 1.807) is 6.92 Å². The van der Waals surface area contributed by atoms with Crippen LogP contribution in [0.15, 0.2) is 42.5 Å². The summed E-state index contributed by atoms with van der Waals surface area (Å²) in [4.78, 5) is 14.5. The summed E-state index contributed by atoms with van der Waals surface area (Å²) in [7, 11) is 1.17. The molecular formula is C24H29F3N2O2. The molecule has 2 atom stereocenters. The molecular weight excluding hydrogens is 405 g/mol. The van der Waals surface area contributed by atoms with Crippen molar-refractivity contribution in [2.45, 2.75) is 64.5 Å². The number of esters is 1. The number of rotatable bonds is 5. The Morgan fingerprint density at radius 1 is 1.13 bits per heavy atom. The number of carbonyl (C=O) groups excluding carboxylic acids is 1. The van der Waals surface area contributed by atoms with Gasteiger partial charge in [0.05, 0.1) is 18.2 Å². The first kappa shape index (κ1) is 23.1. The van der Waals surface area contributed by atoms with Gasteiger partial charge in [-0.2, -0.15) is 13.2 Å². The smallest absolute Gasteiger partial charge is 0.416 e. The van der Waals surface area contributed by atoms with Gasteiger partial charge in [0.25, 0.3) is 0 Å². The molecule has 31 heavy (non-hydrogen) atoms. The van der Waals surface area contributed by atoms with Crippen molar-refractivity contribution in [3.63, 3.8) is 0 Å². The number of benzene rings is 2. The van der Waals surface area contributed by atoms with E-state index < -0.39 is 17.7 Å². The van der Waals surface area contributed by atoms with Crippen molar-refractivity contribution in [2.24, 2.45) is 0 Å². The number of likely N-dealkylation sites (tertiary alicyclic amines) is 1. The van der Waals surface area contributed by atoms with E-state index in [0.717, 1.165) is 31.5 Å². The van der Waals surface area contributed by atoms with Crippen molar-refractivity contribution in [3.05, 3.63) is 64.7 Å². The summed E-state index contributed by atoms with van der Waals surface area (Å²) in [5.41, 5.74) is 1.11. The topological polar surface area (TPSA) is 41.6 Å². The first-order valence-electron chi connectivity index (χ1n) is 10.5. The molecule has 0 saturated carbocycles. The Morgan fingerprint density at radius 3 is 2.29 bits per heavy atom. The molecule has 168 valence electrons. The summed E-state index contributed by atoms with van der Waals surface area (Å²) in [6.45, 7) is 6.77. The summed E-state index contributed by atoms with van der Waals surface area (Å²) < 4.78 is 45.0. The number of piperidine rings is 1. The van der Waals surface area contributed by atoms with Crippen molar-refractivity contribution in [1.82, 2.24) is 4.90 Å². The minimum absolute atomic E-state index is 0.00436. The highest BCUT2D eigenvalue weighted by molar-refractivity contribution is 5.93. The van der Waals surface area contributed by atoms with Gasteiger partial charge in [-0.05, 0) is 56.9 Å². The summed E-state index contributed by atoms with van der Waals surface area (Å²) in [5, 5.41) is 3.29. The lowest BCUT2D eigenvalue weighted by molar-refractivity contribution is -0.137. The van der Waals surface area contributed by atoms with Crippen LogP contribution in [-0.2, 0) is 17.5 Å². The molecule has 2 aromatic rings. The van der Waals surface area contributed by atoms with Gasteiger partial charge in [-0.1, -0.05) is 30.3 Å². The standard InChI is InChI=1S/C24H29F3N2O2/c1-15-10-20(11-16(2)29(15)14-18-8-6-5-7-9-18)28-22-13-19(24(25,26)27)12-21(17(22)3)23(30)31-4/h5-9,12-13,15-16,20,28H,10-11,14H2,1-4H3. The van der Waals surface area contributed by atoms with E-state index >= 15 is 0 Å². The zero-order valence-corrected chi connectivity index (χ0v) is 18.3. The normalized spacial score (nSPS) is 22.2. The quantitative estimate of drug-likeness (QED) is 0.617. The minimum atomic E-state index is -4.55. The largest absolute Gasteiger partial charge is 0.465 e. The van der Waals surface area contributed by atoms with Crippen molar-refractivity contribution in [3.8, 4) is 0 Å². The highest BCUT2D eigenvalue weighted by Crippen LogP contribution is 2.36. The first-order valence-corrected chi connectivity index (χ1v) is 10.5. The number of alkyl halides is 3. The average molecular weight is 435 g/mol. The highest BCUT2D eigenvalue weighted by atomic mass is 19.4. The molecule has 2 unspecified atom stereocenters. The molecule has 0 aliphatic carbocycles. The number of anilines is 1. The monoisotopic (exact) mass is 434 g/mol. The van der Waals surface area contributed by atoms with Gasteiger partial charge in [-0.25, -0.2) is 4.79 Å². The van der Waals surface area contributed by atoms with Gasteiger partial charge in [0.15, 0.2) is 0 Å². The Bertz CT molecular complexity index is 903. The van der Waals surface area contributed by atoms with Gasteiger partial charge in [0.2, 0.25) is 0 Å². The molecule has 1 heterocycles. The predicted octanol–water partition coefficient (Wildman–Crippen LogP) is 5.65. The third-order valence-electron chi connectivity index (χ3n) is 6.09. The molecule has 0 spiro atoms. The molecule has 1 saturated heterocycles. The number of nitrogens with one attached hydrogen (secondary N) is 1. The second-order valence-corrected chi connectivity index (χ2v) is 8.35. The van der Waals surface area contributed by atoms with Crippen LogP contribution in [0.3, 0.4) is 0 Å². The molecule has 1 aliphatic heterocycles. The van der Waals surface area contributed by atoms with Gasteiger partial charge in [0, 0.05) is 30.4 Å². The lowest BCUT2D eigenvalue weighted by Crippen LogP contribution is -2.49. The zero-order chi connectivity index (χ0) is 22.8. The Labute approximate surface area is 181 Å². The van der Waals surface area contributed by atoms with E-state index in [1.165, 1.54) is 12.7 Å². The maximum Gasteiger partial charge on any atom is 0.416 e. The summed E-state index contributed by atoms with van der Waals surface area (Å²) in [6.07, 6.45) is -2.96. The molecule has 0 aromatic heterocycles. The molecule has 2 aromatic carbocycles. The van der Waals surface area contributed by atoms with Crippen molar-refractivity contribution in [2.75, 3.05) is 12.4 Å². The number of halogens is 3. The maximum absolute atomic E-state index is 13.4. The lowest BCUT2D eigenvalue weighted by atomic mass is 9.91. The third kappa shape index (κ3) is 5.39. The SMILES string of the molecule is COC(=O)c1cc(C(F)(F)F)cc(NC2CC(C)N(Cc3ccccc3)C(C)C2)c1C. The maximum atomic E-state index is 13.4. The van der Waals surface area contributed by atoms with E-state index in [2.05, 4.69) is 36.2 Å². The van der Waals surface area contributed by atoms with Gasteiger partial charge >= 0.3 is 12.1 Å². The van der Waals surface area contributed by atoms with Crippen LogP contribution >= 0.6 is 0 Å². The Hall–Kier alpha value is -2.54. The van der Waals surface area contributed by atoms with Gasteiger partial charge < -0.3 is 10.1 Å². The number of hydrogen-bond donors (Lipinski definition) is 1. The molecule has 7 heteroatoms. The second-order valence-electron chi connectivity index (χ2n) is 8.35. The van der Waals surface area contributed by atoms with Crippen LogP contribution in [0.4, 0.5) is 18.9 Å². The molecule has 0 bridgehead atoms. The fourth-order valence-electron chi connectivity index (χ4n) is 4.42. The molecule has 3 rings (SSSR count). The fourth-order valence-corrected chi connectivity index (χ4v) is 4.42. The minimum Gasteiger partial charge on any atom is -0.465 e. The van der Waals surface area contributed by atoms with E-state index in [9.17, 15) is 18.0 Å². The van der Waals surface area contributed by atoms with Crippen LogP contribution in [0.5, 0.6) is 0 Å². The number of nitrogens with zero attached hydrogens (tertiary/aromatic N) is 1. The van der Waals surface area contributed by atoms with Crippen LogP contribution < -0.4 is 5.32 Å². The van der Waals surface area contributed by atoms with Crippen molar-refractivity contribution in [1.29, 1.82) is 0 Å².